The minimum atomic E-state index is -2.02. The Bertz CT molecular complexity index is 1520. The van der Waals surface area contributed by atoms with Gasteiger partial charge in [0.25, 0.3) is 0 Å². The van der Waals surface area contributed by atoms with E-state index in [-0.39, 0.29) is 22.5 Å². The van der Waals surface area contributed by atoms with E-state index in [1.54, 1.807) is 24.3 Å². The Kier molecular flexibility index (Phi) is 8.60. The van der Waals surface area contributed by atoms with Gasteiger partial charge in [-0.15, -0.1) is 0 Å². The maximum Gasteiger partial charge on any atom is 0.335 e. The van der Waals surface area contributed by atoms with Gasteiger partial charge in [0.1, 0.15) is 64.5 Å². The van der Waals surface area contributed by atoms with Gasteiger partial charge in [-0.1, -0.05) is 0 Å². The number of fused-ring (bicyclic) bond motifs is 1. The maximum absolute atomic E-state index is 12.9. The number of carboxylic acid groups (broad SMARTS) is 1. The molecule has 0 unspecified atom stereocenters. The zero-order chi connectivity index (χ0) is 31.2. The topological polar surface area (TPSA) is 235 Å². The van der Waals surface area contributed by atoms with Crippen LogP contribution in [0, 0.1) is 0 Å². The number of hydrogen-bond donors (Lipinski definition) is 7. The summed E-state index contributed by atoms with van der Waals surface area (Å²) >= 11 is 0. The Morgan fingerprint density at radius 3 is 2.19 bits per heavy atom. The first kappa shape index (κ1) is 30.7. The number of aromatic hydroxyl groups is 1. The Morgan fingerprint density at radius 2 is 1.53 bits per heavy atom. The highest BCUT2D eigenvalue weighted by atomic mass is 16.8. The Labute approximate surface area is 242 Å². The van der Waals surface area contributed by atoms with Gasteiger partial charge < -0.3 is 63.8 Å². The zero-order valence-electron chi connectivity index (χ0n) is 22.7. The lowest BCUT2D eigenvalue weighted by Crippen LogP contribution is -2.65. The quantitative estimate of drug-likeness (QED) is 0.176. The van der Waals surface area contributed by atoms with Gasteiger partial charge in [0.2, 0.25) is 6.29 Å². The normalized spacial score (nSPS) is 32.8. The molecule has 0 amide bonds. The van der Waals surface area contributed by atoms with Gasteiger partial charge in [-0.3, -0.25) is 4.79 Å². The van der Waals surface area contributed by atoms with Crippen molar-refractivity contribution in [1.82, 2.24) is 0 Å². The number of phenolic OH excluding ortho intramolecular Hbond substituents is 1. The number of carboxylic acids is 1. The molecule has 1 aromatic heterocycles. The number of aliphatic hydroxyl groups excluding tert-OH is 5. The number of methoxy groups -OCH3 is 1. The molecule has 15 nitrogen and oxygen atoms in total. The van der Waals surface area contributed by atoms with Gasteiger partial charge in [0, 0.05) is 23.8 Å². The Hall–Kier alpha value is -3.80. The standard InChI is InChI=1S/C28H30O15/c1-10-19(31)20(32)23(35)27(39-10)43-25-22(34)21(33)24(26(36)37)42-28(25)40-13-7-14(29)18-15(30)9-16(41-17(18)8-13)11-3-5-12(38-2)6-4-11/h3-10,19-25,27-29,31-35H,1-2H3,(H,36,37)/t10-,19+,20-,21+,22+,23-,24+,25+,27+,28-/m1/s1. The van der Waals surface area contributed by atoms with Gasteiger partial charge in [0.15, 0.2) is 23.9 Å². The summed E-state index contributed by atoms with van der Waals surface area (Å²) in [6.07, 6.45) is -17.2. The van der Waals surface area contributed by atoms with E-state index in [0.29, 0.717) is 11.3 Å². The number of rotatable bonds is 7. The van der Waals surface area contributed by atoms with Crippen LogP contribution in [-0.2, 0) is 19.0 Å². The third kappa shape index (κ3) is 5.89. The summed E-state index contributed by atoms with van der Waals surface area (Å²) in [6, 6.07) is 10.0. The molecule has 0 spiro atoms. The molecule has 2 fully saturated rings. The van der Waals surface area contributed by atoms with Gasteiger partial charge in [-0.05, 0) is 31.2 Å². The van der Waals surface area contributed by atoms with Crippen molar-refractivity contribution < 1.29 is 68.6 Å². The van der Waals surface area contributed by atoms with Crippen LogP contribution < -0.4 is 14.9 Å². The number of aliphatic carboxylic acids is 1. The van der Waals surface area contributed by atoms with Crippen molar-refractivity contribution in [1.29, 1.82) is 0 Å². The fourth-order valence-electron chi connectivity index (χ4n) is 4.90. The monoisotopic (exact) mass is 606 g/mol. The van der Waals surface area contributed by atoms with Crippen molar-refractivity contribution in [3.8, 4) is 28.6 Å². The predicted octanol–water partition coefficient (Wildman–Crippen LogP) is -0.703. The number of aliphatic hydroxyl groups is 5. The SMILES string of the molecule is COc1ccc(-c2cc(=O)c3c(O)cc(O[C@@H]4O[C@H](C(=O)O)[C@@H](O)[C@H](O)[C@@H]4O[C@@H]4O[C@H](C)[C@H](O)[C@@H](O)[C@H]4O)cc3o2)cc1. The van der Waals surface area contributed by atoms with Crippen molar-refractivity contribution in [2.24, 2.45) is 0 Å². The van der Waals surface area contributed by atoms with E-state index in [0.717, 1.165) is 6.07 Å². The number of phenols is 1. The van der Waals surface area contributed by atoms with E-state index in [9.17, 15) is 45.3 Å². The van der Waals surface area contributed by atoms with Crippen LogP contribution in [-0.4, -0.2) is 110 Å². The largest absolute Gasteiger partial charge is 0.507 e. The Morgan fingerprint density at radius 1 is 0.837 bits per heavy atom. The summed E-state index contributed by atoms with van der Waals surface area (Å²) < 4.78 is 33.2. The molecule has 3 aromatic rings. The molecule has 5 rings (SSSR count). The van der Waals surface area contributed by atoms with Crippen LogP contribution >= 0.6 is 0 Å². The first-order valence-electron chi connectivity index (χ1n) is 13.1. The Balaban J connectivity index is 1.49. The summed E-state index contributed by atoms with van der Waals surface area (Å²) in [5.41, 5.74) is -0.174. The maximum atomic E-state index is 12.9. The van der Waals surface area contributed by atoms with Crippen LogP contribution in [0.25, 0.3) is 22.3 Å². The third-order valence-corrected chi connectivity index (χ3v) is 7.30. The fourth-order valence-corrected chi connectivity index (χ4v) is 4.90. The lowest BCUT2D eigenvalue weighted by molar-refractivity contribution is -0.351. The summed E-state index contributed by atoms with van der Waals surface area (Å²) in [7, 11) is 1.50. The fraction of sp³-hybridized carbons (Fsp3) is 0.429. The number of hydrogen-bond acceptors (Lipinski definition) is 14. The lowest BCUT2D eigenvalue weighted by Gasteiger charge is -2.45. The van der Waals surface area contributed by atoms with Crippen molar-refractivity contribution in [3.05, 3.63) is 52.7 Å². The molecule has 2 aliphatic heterocycles. The minimum Gasteiger partial charge on any atom is -0.507 e. The molecule has 0 aliphatic carbocycles. The van der Waals surface area contributed by atoms with E-state index in [1.807, 2.05) is 0 Å². The van der Waals surface area contributed by atoms with Gasteiger partial charge in [0.05, 0.1) is 13.2 Å². The highest BCUT2D eigenvalue weighted by Crippen LogP contribution is 2.35. The van der Waals surface area contributed by atoms with Crippen LogP contribution in [0.15, 0.2) is 51.7 Å². The number of benzene rings is 2. The van der Waals surface area contributed by atoms with E-state index in [4.69, 9.17) is 28.1 Å². The molecule has 0 bridgehead atoms. The first-order valence-corrected chi connectivity index (χ1v) is 13.1. The van der Waals surface area contributed by atoms with E-state index < -0.39 is 78.6 Å². The highest BCUT2D eigenvalue weighted by Gasteiger charge is 2.52. The van der Waals surface area contributed by atoms with E-state index >= 15 is 0 Å². The first-order chi connectivity index (χ1) is 20.4. The van der Waals surface area contributed by atoms with Crippen LogP contribution in [0.3, 0.4) is 0 Å². The minimum absolute atomic E-state index is 0.117. The van der Waals surface area contributed by atoms with Crippen molar-refractivity contribution >= 4 is 16.9 Å². The number of ether oxygens (including phenoxy) is 5. The lowest BCUT2D eigenvalue weighted by atomic mass is 9.97. The average Bonchev–Trinajstić information content (AvgIpc) is 2.97. The van der Waals surface area contributed by atoms with Gasteiger partial charge in [-0.2, -0.15) is 0 Å². The summed E-state index contributed by atoms with van der Waals surface area (Å²) in [5, 5.41) is 71.7. The molecule has 10 atom stereocenters. The van der Waals surface area contributed by atoms with Crippen LogP contribution in [0.1, 0.15) is 6.92 Å². The third-order valence-electron chi connectivity index (χ3n) is 7.30. The molecule has 2 aromatic carbocycles. The van der Waals surface area contributed by atoms with Crippen LogP contribution in [0.5, 0.6) is 17.2 Å². The average molecular weight is 607 g/mol. The van der Waals surface area contributed by atoms with E-state index in [1.165, 1.54) is 26.2 Å². The molecule has 15 heteroatoms. The number of carbonyl (C=O) groups is 1. The molecule has 0 saturated carbocycles. The van der Waals surface area contributed by atoms with E-state index in [2.05, 4.69) is 0 Å². The second kappa shape index (κ2) is 12.1. The van der Waals surface area contributed by atoms with Gasteiger partial charge in [-0.25, -0.2) is 4.79 Å². The molecule has 2 saturated heterocycles. The molecule has 3 heterocycles. The zero-order valence-corrected chi connectivity index (χ0v) is 22.7. The molecular formula is C28H30O15. The summed E-state index contributed by atoms with van der Waals surface area (Å²) in [4.78, 5) is 24.6. The van der Waals surface area contributed by atoms with Crippen molar-refractivity contribution in [3.63, 3.8) is 0 Å². The summed E-state index contributed by atoms with van der Waals surface area (Å²) in [6.45, 7) is 1.39. The van der Waals surface area contributed by atoms with Crippen LogP contribution in [0.4, 0.5) is 0 Å². The highest BCUT2D eigenvalue weighted by molar-refractivity contribution is 5.86. The molecular weight excluding hydrogens is 576 g/mol. The predicted molar refractivity (Wildman–Crippen MR) is 142 cm³/mol. The second-order valence-corrected chi connectivity index (χ2v) is 10.2. The smallest absolute Gasteiger partial charge is 0.335 e. The molecule has 232 valence electrons. The van der Waals surface area contributed by atoms with Gasteiger partial charge >= 0.3 is 5.97 Å². The molecule has 2 aliphatic rings. The summed E-state index contributed by atoms with van der Waals surface area (Å²) in [5.74, 6) is -1.70. The van der Waals surface area contributed by atoms with Crippen molar-refractivity contribution in [2.45, 2.75) is 68.3 Å². The second-order valence-electron chi connectivity index (χ2n) is 10.2. The van der Waals surface area contributed by atoms with Crippen LogP contribution in [0.2, 0.25) is 0 Å². The van der Waals surface area contributed by atoms with Crippen molar-refractivity contribution in [2.75, 3.05) is 7.11 Å². The molecule has 7 N–H and O–H groups in total. The molecule has 0 radical (unpaired) electrons. The molecule has 43 heavy (non-hydrogen) atoms.